The summed E-state index contributed by atoms with van der Waals surface area (Å²) in [6.45, 7) is 8.19. The van der Waals surface area contributed by atoms with Gasteiger partial charge < -0.3 is 0 Å². The van der Waals surface area contributed by atoms with Crippen LogP contribution in [0.2, 0.25) is 0 Å². The van der Waals surface area contributed by atoms with Gasteiger partial charge in [0, 0.05) is 11.7 Å². The lowest BCUT2D eigenvalue weighted by Gasteiger charge is -2.19. The number of nitrogens with zero attached hydrogens (tertiary/aromatic N) is 1. The van der Waals surface area contributed by atoms with Crippen LogP contribution in [0.3, 0.4) is 0 Å². The molecule has 0 amide bonds. The highest BCUT2D eigenvalue weighted by Crippen LogP contribution is 2.34. The summed E-state index contributed by atoms with van der Waals surface area (Å²) in [5.41, 5.74) is 2.62. The molecule has 0 aliphatic carbocycles. The van der Waals surface area contributed by atoms with Crippen molar-refractivity contribution in [1.29, 1.82) is 0 Å². The SMILES string of the molecule is C=Cc1ccccc1C(CCCC)C1=N[CH]CS1. The Morgan fingerprint density at radius 1 is 1.44 bits per heavy atom. The Morgan fingerprint density at radius 3 is 2.94 bits per heavy atom. The van der Waals surface area contributed by atoms with Crippen molar-refractivity contribution in [2.75, 3.05) is 5.75 Å². The van der Waals surface area contributed by atoms with Gasteiger partial charge in [-0.1, -0.05) is 56.7 Å². The van der Waals surface area contributed by atoms with E-state index >= 15 is 0 Å². The fourth-order valence-corrected chi connectivity index (χ4v) is 3.23. The third-order valence-corrected chi connectivity index (χ3v) is 4.26. The van der Waals surface area contributed by atoms with Gasteiger partial charge in [-0.05, 0) is 17.5 Å². The van der Waals surface area contributed by atoms with Crippen molar-refractivity contribution in [3.8, 4) is 0 Å². The maximum atomic E-state index is 4.56. The van der Waals surface area contributed by atoms with E-state index in [0.717, 1.165) is 5.75 Å². The standard InChI is InChI=1S/C16H20NS/c1-3-5-9-15(16-17-11-12-18-16)14-10-7-6-8-13(14)4-2/h4,6-8,10-11,15H,2-3,5,9,12H2,1H3. The van der Waals surface area contributed by atoms with Crippen molar-refractivity contribution in [2.45, 2.75) is 32.1 Å². The van der Waals surface area contributed by atoms with Crippen LogP contribution < -0.4 is 0 Å². The lowest BCUT2D eigenvalue weighted by atomic mass is 9.90. The molecule has 0 spiro atoms. The van der Waals surface area contributed by atoms with Gasteiger partial charge in [0.2, 0.25) is 0 Å². The first-order valence-corrected chi connectivity index (χ1v) is 7.59. The predicted molar refractivity (Wildman–Crippen MR) is 83.0 cm³/mol. The number of hydrogen-bond acceptors (Lipinski definition) is 2. The molecule has 2 heteroatoms. The number of benzene rings is 1. The average Bonchev–Trinajstić information content (AvgIpc) is 2.94. The molecule has 95 valence electrons. The van der Waals surface area contributed by atoms with E-state index in [1.807, 2.05) is 24.4 Å². The lowest BCUT2D eigenvalue weighted by Crippen LogP contribution is -2.09. The Kier molecular flexibility index (Phi) is 5.06. The second-order valence-electron chi connectivity index (χ2n) is 4.49. The minimum absolute atomic E-state index is 0.447. The fraction of sp³-hybridized carbons (Fsp3) is 0.375. The second kappa shape index (κ2) is 6.79. The van der Waals surface area contributed by atoms with Crippen molar-refractivity contribution >= 4 is 22.9 Å². The number of hydrogen-bond donors (Lipinski definition) is 0. The summed E-state index contributed by atoms with van der Waals surface area (Å²) >= 11 is 1.88. The maximum Gasteiger partial charge on any atom is 0.0835 e. The summed E-state index contributed by atoms with van der Waals surface area (Å²) in [5, 5.41) is 1.28. The molecular formula is C16H20NS. The van der Waals surface area contributed by atoms with Crippen LogP contribution in [0.4, 0.5) is 0 Å². The van der Waals surface area contributed by atoms with E-state index in [1.54, 1.807) is 0 Å². The lowest BCUT2D eigenvalue weighted by molar-refractivity contribution is 0.687. The molecule has 18 heavy (non-hydrogen) atoms. The first-order valence-electron chi connectivity index (χ1n) is 6.60. The van der Waals surface area contributed by atoms with Gasteiger partial charge >= 0.3 is 0 Å². The van der Waals surface area contributed by atoms with Gasteiger partial charge in [0.05, 0.1) is 11.6 Å². The van der Waals surface area contributed by atoms with E-state index in [-0.39, 0.29) is 0 Å². The summed E-state index contributed by atoms with van der Waals surface area (Å²) in [6, 6.07) is 8.56. The van der Waals surface area contributed by atoms with Crippen LogP contribution in [0.15, 0.2) is 35.8 Å². The molecule has 1 aromatic carbocycles. The summed E-state index contributed by atoms with van der Waals surface area (Å²) in [6.07, 6.45) is 5.61. The van der Waals surface area contributed by atoms with Crippen molar-refractivity contribution in [2.24, 2.45) is 4.99 Å². The number of rotatable bonds is 6. The zero-order chi connectivity index (χ0) is 12.8. The molecule has 0 bridgehead atoms. The highest BCUT2D eigenvalue weighted by atomic mass is 32.2. The second-order valence-corrected chi connectivity index (χ2v) is 5.53. The fourth-order valence-electron chi connectivity index (χ4n) is 2.31. The quantitative estimate of drug-likeness (QED) is 0.706. The molecule has 1 aliphatic heterocycles. The van der Waals surface area contributed by atoms with Crippen LogP contribution in [-0.4, -0.2) is 10.8 Å². The molecule has 0 fully saturated rings. The highest BCUT2D eigenvalue weighted by molar-refractivity contribution is 8.14. The molecule has 2 rings (SSSR count). The van der Waals surface area contributed by atoms with Crippen molar-refractivity contribution in [3.05, 3.63) is 48.5 Å². The van der Waals surface area contributed by atoms with Crippen LogP contribution in [0, 0.1) is 6.54 Å². The van der Waals surface area contributed by atoms with Crippen molar-refractivity contribution < 1.29 is 0 Å². The van der Waals surface area contributed by atoms with E-state index in [9.17, 15) is 0 Å². The van der Waals surface area contributed by atoms with E-state index in [0.29, 0.717) is 5.92 Å². The van der Waals surface area contributed by atoms with Gasteiger partial charge in [-0.3, -0.25) is 4.99 Å². The number of aliphatic imine (C=N–C) groups is 1. The van der Waals surface area contributed by atoms with Gasteiger partial charge in [-0.15, -0.1) is 11.8 Å². The van der Waals surface area contributed by atoms with Gasteiger partial charge in [-0.2, -0.15) is 0 Å². The highest BCUT2D eigenvalue weighted by Gasteiger charge is 2.22. The minimum atomic E-state index is 0.447. The molecule has 1 aromatic rings. The molecule has 1 nitrogen and oxygen atoms in total. The first-order chi connectivity index (χ1) is 8.86. The van der Waals surface area contributed by atoms with Crippen LogP contribution in [0.25, 0.3) is 6.08 Å². The van der Waals surface area contributed by atoms with E-state index < -0.39 is 0 Å². The molecule has 1 heterocycles. The smallest absolute Gasteiger partial charge is 0.0835 e. The van der Waals surface area contributed by atoms with Crippen LogP contribution in [0.5, 0.6) is 0 Å². The van der Waals surface area contributed by atoms with Crippen molar-refractivity contribution in [1.82, 2.24) is 0 Å². The maximum absolute atomic E-state index is 4.56. The Morgan fingerprint density at radius 2 is 2.28 bits per heavy atom. The molecule has 1 radical (unpaired) electrons. The van der Waals surface area contributed by atoms with E-state index in [4.69, 9.17) is 0 Å². The monoisotopic (exact) mass is 258 g/mol. The normalized spacial score (nSPS) is 16.4. The summed E-state index contributed by atoms with van der Waals surface area (Å²) in [7, 11) is 0. The predicted octanol–water partition coefficient (Wildman–Crippen LogP) is 4.91. The summed E-state index contributed by atoms with van der Waals surface area (Å²) in [5.74, 6) is 1.47. The van der Waals surface area contributed by atoms with Gasteiger partial charge in [0.1, 0.15) is 0 Å². The van der Waals surface area contributed by atoms with Gasteiger partial charge in [0.25, 0.3) is 0 Å². The summed E-state index contributed by atoms with van der Waals surface area (Å²) in [4.78, 5) is 4.56. The molecular weight excluding hydrogens is 238 g/mol. The van der Waals surface area contributed by atoms with Crippen LogP contribution in [-0.2, 0) is 0 Å². The Labute approximate surface area is 114 Å². The molecule has 0 saturated carbocycles. The topological polar surface area (TPSA) is 12.4 Å². The average molecular weight is 258 g/mol. The van der Waals surface area contributed by atoms with Crippen LogP contribution in [0.1, 0.15) is 43.2 Å². The zero-order valence-corrected chi connectivity index (χ0v) is 11.7. The summed E-state index contributed by atoms with van der Waals surface area (Å²) < 4.78 is 0. The Balaban J connectivity index is 2.29. The largest absolute Gasteiger partial charge is 0.276 e. The minimum Gasteiger partial charge on any atom is -0.276 e. The molecule has 0 saturated heterocycles. The van der Waals surface area contributed by atoms with E-state index in [1.165, 1.54) is 35.4 Å². The van der Waals surface area contributed by atoms with Gasteiger partial charge in [0.15, 0.2) is 0 Å². The number of thioether (sulfide) groups is 1. The number of unbranched alkanes of at least 4 members (excludes halogenated alkanes) is 1. The molecule has 1 unspecified atom stereocenters. The molecule has 0 N–H and O–H groups in total. The molecule has 1 atom stereocenters. The van der Waals surface area contributed by atoms with Crippen molar-refractivity contribution in [3.63, 3.8) is 0 Å². The molecule has 1 aliphatic rings. The Hall–Kier alpha value is -1.02. The third kappa shape index (κ3) is 3.05. The van der Waals surface area contributed by atoms with Gasteiger partial charge in [-0.25, -0.2) is 0 Å². The van der Waals surface area contributed by atoms with Crippen LogP contribution >= 0.6 is 11.8 Å². The first kappa shape index (κ1) is 13.4. The third-order valence-electron chi connectivity index (χ3n) is 3.26. The molecule has 0 aromatic heterocycles. The zero-order valence-electron chi connectivity index (χ0n) is 10.9. The Bertz CT molecular complexity index is 436. The van der Waals surface area contributed by atoms with E-state index in [2.05, 4.69) is 42.8 Å².